The zero-order valence-electron chi connectivity index (χ0n) is 14.0. The Kier molecular flexibility index (Phi) is 5.18. The molecule has 1 heterocycles. The average molecular weight is 346 g/mol. The summed E-state index contributed by atoms with van der Waals surface area (Å²) >= 11 is 1.62. The summed E-state index contributed by atoms with van der Waals surface area (Å²) in [7, 11) is 0. The summed E-state index contributed by atoms with van der Waals surface area (Å²) in [5, 5.41) is 20.6. The molecule has 1 aromatic heterocycles. The largest absolute Gasteiger partial charge is 0.303 e. The molecular formula is C17H22N4O2S. The van der Waals surface area contributed by atoms with E-state index >= 15 is 0 Å². The summed E-state index contributed by atoms with van der Waals surface area (Å²) in [6.07, 6.45) is 6.18. The van der Waals surface area contributed by atoms with Crippen LogP contribution in [0.25, 0.3) is 0 Å². The lowest BCUT2D eigenvalue weighted by Crippen LogP contribution is -2.15. The molecule has 0 aliphatic heterocycles. The first kappa shape index (κ1) is 17.0. The number of non-ortho nitro benzene ring substituents is 1. The van der Waals surface area contributed by atoms with Gasteiger partial charge in [0, 0.05) is 23.4 Å². The van der Waals surface area contributed by atoms with Gasteiger partial charge in [-0.05, 0) is 32.3 Å². The maximum Gasteiger partial charge on any atom is 0.269 e. The Hall–Kier alpha value is -1.89. The van der Waals surface area contributed by atoms with Crippen LogP contribution in [0.1, 0.15) is 61.7 Å². The second-order valence-corrected chi connectivity index (χ2v) is 7.61. The number of rotatable bonds is 5. The third-order valence-electron chi connectivity index (χ3n) is 4.61. The van der Waals surface area contributed by atoms with Gasteiger partial charge in [-0.3, -0.25) is 10.1 Å². The van der Waals surface area contributed by atoms with E-state index in [2.05, 4.69) is 21.7 Å². The van der Waals surface area contributed by atoms with Crippen LogP contribution in [0, 0.1) is 17.0 Å². The minimum Gasteiger partial charge on any atom is -0.303 e. The second kappa shape index (κ2) is 7.34. The summed E-state index contributed by atoms with van der Waals surface area (Å²) in [6.45, 7) is 4.06. The predicted molar refractivity (Wildman–Crippen MR) is 94.2 cm³/mol. The van der Waals surface area contributed by atoms with Crippen LogP contribution in [-0.2, 0) is 0 Å². The van der Waals surface area contributed by atoms with Gasteiger partial charge in [-0.25, -0.2) is 0 Å². The van der Waals surface area contributed by atoms with Gasteiger partial charge >= 0.3 is 0 Å². The average Bonchev–Trinajstić information content (AvgIpc) is 2.96. The van der Waals surface area contributed by atoms with E-state index in [1.165, 1.54) is 38.2 Å². The SMILES string of the molecule is Cc1nnc(SC(C)c2cccc([N+](=O)[O-])c2)n1C1CCCCC1. The van der Waals surface area contributed by atoms with Crippen molar-refractivity contribution in [1.29, 1.82) is 0 Å². The lowest BCUT2D eigenvalue weighted by Gasteiger charge is -2.25. The van der Waals surface area contributed by atoms with Crippen LogP contribution in [0.15, 0.2) is 29.4 Å². The van der Waals surface area contributed by atoms with Gasteiger partial charge < -0.3 is 4.57 Å². The maximum atomic E-state index is 11.0. The van der Waals surface area contributed by atoms with Crippen LogP contribution >= 0.6 is 11.8 Å². The predicted octanol–water partition coefficient (Wildman–Crippen LogP) is 4.85. The molecule has 1 unspecified atom stereocenters. The number of aryl methyl sites for hydroxylation is 1. The molecule has 1 saturated carbocycles. The smallest absolute Gasteiger partial charge is 0.269 e. The third kappa shape index (κ3) is 3.61. The van der Waals surface area contributed by atoms with Gasteiger partial charge in [0.25, 0.3) is 5.69 Å². The lowest BCUT2D eigenvalue weighted by molar-refractivity contribution is -0.384. The van der Waals surface area contributed by atoms with Gasteiger partial charge in [-0.15, -0.1) is 10.2 Å². The van der Waals surface area contributed by atoms with Crippen molar-refractivity contribution in [3.8, 4) is 0 Å². The van der Waals surface area contributed by atoms with Crippen LogP contribution in [0.2, 0.25) is 0 Å². The summed E-state index contributed by atoms with van der Waals surface area (Å²) in [4.78, 5) is 10.6. The first-order chi connectivity index (χ1) is 11.6. The molecule has 0 bridgehead atoms. The fourth-order valence-electron chi connectivity index (χ4n) is 3.31. The fraction of sp³-hybridized carbons (Fsp3) is 0.529. The minimum absolute atomic E-state index is 0.0795. The molecule has 128 valence electrons. The highest BCUT2D eigenvalue weighted by molar-refractivity contribution is 7.99. The molecule has 2 aromatic rings. The van der Waals surface area contributed by atoms with E-state index in [4.69, 9.17) is 0 Å². The Bertz CT molecular complexity index is 725. The number of nitrogens with zero attached hydrogens (tertiary/aromatic N) is 4. The molecule has 0 spiro atoms. The molecular weight excluding hydrogens is 324 g/mol. The Morgan fingerprint density at radius 3 is 2.75 bits per heavy atom. The topological polar surface area (TPSA) is 73.8 Å². The minimum atomic E-state index is -0.352. The zero-order valence-corrected chi connectivity index (χ0v) is 14.8. The van der Waals surface area contributed by atoms with Crippen molar-refractivity contribution < 1.29 is 4.92 Å². The van der Waals surface area contributed by atoms with Crippen molar-refractivity contribution in [3.05, 3.63) is 45.8 Å². The monoisotopic (exact) mass is 346 g/mol. The molecule has 1 atom stereocenters. The molecule has 3 rings (SSSR count). The van der Waals surface area contributed by atoms with Crippen LogP contribution in [0.5, 0.6) is 0 Å². The van der Waals surface area contributed by atoms with Crippen LogP contribution < -0.4 is 0 Å². The Balaban J connectivity index is 1.81. The number of hydrogen-bond acceptors (Lipinski definition) is 5. The van der Waals surface area contributed by atoms with E-state index in [0.717, 1.165) is 16.5 Å². The van der Waals surface area contributed by atoms with Crippen LogP contribution in [-0.4, -0.2) is 19.7 Å². The number of nitro benzene ring substituents is 1. The normalized spacial score (nSPS) is 16.9. The van der Waals surface area contributed by atoms with Crippen LogP contribution in [0.4, 0.5) is 5.69 Å². The van der Waals surface area contributed by atoms with E-state index in [1.54, 1.807) is 23.9 Å². The summed E-state index contributed by atoms with van der Waals surface area (Å²) in [6, 6.07) is 7.32. The molecule has 6 nitrogen and oxygen atoms in total. The number of nitro groups is 1. The highest BCUT2D eigenvalue weighted by atomic mass is 32.2. The van der Waals surface area contributed by atoms with Crippen molar-refractivity contribution in [2.24, 2.45) is 0 Å². The van der Waals surface area contributed by atoms with Gasteiger partial charge in [0.2, 0.25) is 0 Å². The molecule has 24 heavy (non-hydrogen) atoms. The summed E-state index contributed by atoms with van der Waals surface area (Å²) in [5.74, 6) is 0.954. The number of thioether (sulfide) groups is 1. The van der Waals surface area contributed by atoms with Crippen molar-refractivity contribution in [2.45, 2.75) is 62.4 Å². The lowest BCUT2D eigenvalue weighted by atomic mass is 9.95. The molecule has 1 aliphatic carbocycles. The van der Waals surface area contributed by atoms with Gasteiger partial charge in [-0.1, -0.05) is 43.2 Å². The Morgan fingerprint density at radius 1 is 1.29 bits per heavy atom. The Labute approximate surface area is 145 Å². The molecule has 0 saturated heterocycles. The van der Waals surface area contributed by atoms with E-state index in [-0.39, 0.29) is 15.9 Å². The highest BCUT2D eigenvalue weighted by Gasteiger charge is 2.23. The van der Waals surface area contributed by atoms with Crippen molar-refractivity contribution in [3.63, 3.8) is 0 Å². The standard InChI is InChI=1S/C17H22N4O2S/c1-12(14-7-6-10-16(11-14)21(22)23)24-17-19-18-13(2)20(17)15-8-4-3-5-9-15/h6-7,10-12,15H,3-5,8-9H2,1-2H3. The number of hydrogen-bond donors (Lipinski definition) is 0. The summed E-state index contributed by atoms with van der Waals surface area (Å²) in [5.41, 5.74) is 1.06. The van der Waals surface area contributed by atoms with E-state index < -0.39 is 0 Å². The maximum absolute atomic E-state index is 11.0. The molecule has 1 aromatic carbocycles. The third-order valence-corrected chi connectivity index (χ3v) is 5.72. The fourth-order valence-corrected chi connectivity index (χ4v) is 4.39. The van der Waals surface area contributed by atoms with E-state index in [9.17, 15) is 10.1 Å². The van der Waals surface area contributed by atoms with E-state index in [1.807, 2.05) is 13.0 Å². The van der Waals surface area contributed by atoms with E-state index in [0.29, 0.717) is 6.04 Å². The number of aromatic nitrogens is 3. The van der Waals surface area contributed by atoms with Gasteiger partial charge in [0.1, 0.15) is 5.82 Å². The van der Waals surface area contributed by atoms with Gasteiger partial charge in [0.05, 0.1) is 4.92 Å². The quantitative estimate of drug-likeness (QED) is 0.439. The molecule has 0 N–H and O–H groups in total. The first-order valence-electron chi connectivity index (χ1n) is 8.39. The van der Waals surface area contributed by atoms with Crippen LogP contribution in [0.3, 0.4) is 0 Å². The zero-order chi connectivity index (χ0) is 17.1. The summed E-state index contributed by atoms with van der Waals surface area (Å²) < 4.78 is 2.26. The molecule has 7 heteroatoms. The second-order valence-electron chi connectivity index (χ2n) is 6.30. The van der Waals surface area contributed by atoms with Gasteiger partial charge in [0.15, 0.2) is 5.16 Å². The highest BCUT2D eigenvalue weighted by Crippen LogP contribution is 2.38. The molecule has 0 amide bonds. The molecule has 1 aliphatic rings. The van der Waals surface area contributed by atoms with Crippen molar-refractivity contribution in [2.75, 3.05) is 0 Å². The van der Waals surface area contributed by atoms with Crippen molar-refractivity contribution in [1.82, 2.24) is 14.8 Å². The Morgan fingerprint density at radius 2 is 2.04 bits per heavy atom. The molecule has 0 radical (unpaired) electrons. The van der Waals surface area contributed by atoms with Crippen molar-refractivity contribution >= 4 is 17.4 Å². The van der Waals surface area contributed by atoms with Gasteiger partial charge in [-0.2, -0.15) is 0 Å². The molecule has 1 fully saturated rings. The first-order valence-corrected chi connectivity index (χ1v) is 9.26. The number of benzene rings is 1.